The van der Waals surface area contributed by atoms with E-state index in [-0.39, 0.29) is 18.1 Å². The van der Waals surface area contributed by atoms with Gasteiger partial charge in [-0.05, 0) is 48.9 Å². The Bertz CT molecular complexity index is 1350. The van der Waals surface area contributed by atoms with Crippen LogP contribution in [0, 0.1) is 17.0 Å². The molecular formula is C24H19Cl3N4O3S. The van der Waals surface area contributed by atoms with Crippen molar-refractivity contribution in [3.8, 4) is 11.4 Å². The summed E-state index contributed by atoms with van der Waals surface area (Å²) >= 11 is 19.9. The van der Waals surface area contributed by atoms with Crippen LogP contribution in [0.1, 0.15) is 22.2 Å². The smallest absolute Gasteiger partial charge is 0.220 e. The van der Waals surface area contributed by atoms with E-state index < -0.39 is 5.25 Å². The maximum Gasteiger partial charge on any atom is 0.220 e. The monoisotopic (exact) mass is 548 g/mol. The lowest BCUT2D eigenvalue weighted by molar-refractivity contribution is -0.479. The van der Waals surface area contributed by atoms with Crippen molar-refractivity contribution in [2.45, 2.75) is 23.9 Å². The highest BCUT2D eigenvalue weighted by atomic mass is 35.5. The molecule has 0 aliphatic rings. The van der Waals surface area contributed by atoms with Crippen LogP contribution in [0.25, 0.3) is 5.69 Å². The summed E-state index contributed by atoms with van der Waals surface area (Å²) in [7, 11) is 0. The van der Waals surface area contributed by atoms with Crippen LogP contribution in [0.3, 0.4) is 0 Å². The molecule has 3 aromatic carbocycles. The maximum absolute atomic E-state index is 11.5. The summed E-state index contributed by atoms with van der Waals surface area (Å²) in [6.45, 7) is 1.71. The molecule has 0 fully saturated rings. The van der Waals surface area contributed by atoms with Crippen molar-refractivity contribution in [3.63, 3.8) is 0 Å². The van der Waals surface area contributed by atoms with Crippen molar-refractivity contribution in [3.05, 3.63) is 109 Å². The largest absolute Gasteiger partial charge is 0.487 e. The molecule has 0 saturated carbocycles. The lowest BCUT2D eigenvalue weighted by atomic mass is 10.1. The summed E-state index contributed by atoms with van der Waals surface area (Å²) < 4.78 is 7.70. The summed E-state index contributed by atoms with van der Waals surface area (Å²) in [4.78, 5) is 11.1. The molecular weight excluding hydrogens is 531 g/mol. The standard InChI is InChI=1S/C24H19Cl3N4O3S/c1-15-28-29-24(31(15)19-5-3-2-4-6-19)35-23(13-30(32)33)16-8-10-22(21(27)11-16)34-14-17-7-9-18(25)12-20(17)26/h2-12,23H,13-14H2,1H3/t23-/m1/s1. The highest BCUT2D eigenvalue weighted by Gasteiger charge is 2.24. The third kappa shape index (κ3) is 6.27. The van der Waals surface area contributed by atoms with Gasteiger partial charge in [0.2, 0.25) is 6.54 Å². The van der Waals surface area contributed by atoms with Gasteiger partial charge in [0, 0.05) is 26.2 Å². The Balaban J connectivity index is 1.56. The van der Waals surface area contributed by atoms with E-state index in [4.69, 9.17) is 39.5 Å². The quantitative estimate of drug-likeness (QED) is 0.124. The molecule has 7 nitrogen and oxygen atoms in total. The molecule has 1 aromatic heterocycles. The van der Waals surface area contributed by atoms with E-state index in [0.29, 0.717) is 37.4 Å². The highest BCUT2D eigenvalue weighted by Crippen LogP contribution is 2.39. The predicted octanol–water partition coefficient (Wildman–Crippen LogP) is 7.23. The molecule has 0 unspecified atom stereocenters. The highest BCUT2D eigenvalue weighted by molar-refractivity contribution is 7.99. The molecule has 0 aliphatic carbocycles. The van der Waals surface area contributed by atoms with Gasteiger partial charge in [0.05, 0.1) is 5.02 Å². The van der Waals surface area contributed by atoms with Crippen LogP contribution in [-0.4, -0.2) is 26.2 Å². The van der Waals surface area contributed by atoms with Crippen molar-refractivity contribution < 1.29 is 9.66 Å². The Kier molecular flexibility index (Phi) is 8.18. The number of aryl methyl sites for hydroxylation is 1. The van der Waals surface area contributed by atoms with Crippen LogP contribution in [0.4, 0.5) is 0 Å². The average Bonchev–Trinajstić information content (AvgIpc) is 3.19. The van der Waals surface area contributed by atoms with Gasteiger partial charge >= 0.3 is 0 Å². The third-order valence-electron chi connectivity index (χ3n) is 5.10. The number of nitro groups is 1. The Morgan fingerprint density at radius 2 is 1.80 bits per heavy atom. The summed E-state index contributed by atoms with van der Waals surface area (Å²) in [5, 5.41) is 21.3. The van der Waals surface area contributed by atoms with Gasteiger partial charge in [-0.15, -0.1) is 10.2 Å². The first-order valence-corrected chi connectivity index (χ1v) is 12.4. The second kappa shape index (κ2) is 11.3. The minimum atomic E-state index is -0.548. The number of hydrogen-bond acceptors (Lipinski definition) is 6. The number of ether oxygens (including phenoxy) is 1. The lowest BCUT2D eigenvalue weighted by Crippen LogP contribution is -2.11. The van der Waals surface area contributed by atoms with E-state index in [1.54, 1.807) is 36.4 Å². The van der Waals surface area contributed by atoms with Crippen molar-refractivity contribution in [1.29, 1.82) is 0 Å². The van der Waals surface area contributed by atoms with Gasteiger partial charge in [-0.25, -0.2) is 0 Å². The average molecular weight is 550 g/mol. The fourth-order valence-electron chi connectivity index (χ4n) is 3.40. The first-order chi connectivity index (χ1) is 16.8. The van der Waals surface area contributed by atoms with Crippen molar-refractivity contribution in [2.75, 3.05) is 6.54 Å². The van der Waals surface area contributed by atoms with Gasteiger partial charge in [0.1, 0.15) is 23.4 Å². The van der Waals surface area contributed by atoms with Crippen LogP contribution >= 0.6 is 46.6 Å². The molecule has 0 N–H and O–H groups in total. The van der Waals surface area contributed by atoms with Crippen LogP contribution in [0.5, 0.6) is 5.75 Å². The predicted molar refractivity (Wildman–Crippen MR) is 139 cm³/mol. The van der Waals surface area contributed by atoms with Crippen molar-refractivity contribution in [1.82, 2.24) is 14.8 Å². The van der Waals surface area contributed by atoms with E-state index in [1.165, 1.54) is 11.8 Å². The van der Waals surface area contributed by atoms with Gasteiger partial charge in [-0.1, -0.05) is 76.9 Å². The normalized spacial score (nSPS) is 11.9. The van der Waals surface area contributed by atoms with E-state index in [9.17, 15) is 10.1 Å². The zero-order valence-electron chi connectivity index (χ0n) is 18.4. The zero-order chi connectivity index (χ0) is 24.9. The number of aromatic nitrogens is 3. The molecule has 0 radical (unpaired) electrons. The lowest BCUT2D eigenvalue weighted by Gasteiger charge is -2.16. The Labute approximate surface area is 221 Å². The van der Waals surface area contributed by atoms with Crippen LogP contribution < -0.4 is 4.74 Å². The molecule has 0 amide bonds. The second-order valence-corrected chi connectivity index (χ2v) is 9.96. The molecule has 0 aliphatic heterocycles. The first-order valence-electron chi connectivity index (χ1n) is 10.4. The number of nitrogens with zero attached hydrogens (tertiary/aromatic N) is 4. The van der Waals surface area contributed by atoms with Crippen molar-refractivity contribution in [2.24, 2.45) is 0 Å². The zero-order valence-corrected chi connectivity index (χ0v) is 21.5. The maximum atomic E-state index is 11.5. The van der Waals surface area contributed by atoms with E-state index in [1.807, 2.05) is 41.8 Å². The van der Waals surface area contributed by atoms with Crippen LogP contribution in [0.15, 0.2) is 71.9 Å². The molecule has 0 bridgehead atoms. The minimum absolute atomic E-state index is 0.196. The molecule has 35 heavy (non-hydrogen) atoms. The fraction of sp³-hybridized carbons (Fsp3) is 0.167. The van der Waals surface area contributed by atoms with Gasteiger partial charge in [-0.2, -0.15) is 0 Å². The third-order valence-corrected chi connectivity index (χ3v) is 7.16. The van der Waals surface area contributed by atoms with Crippen LogP contribution in [0.2, 0.25) is 15.1 Å². The molecule has 0 spiro atoms. The molecule has 11 heteroatoms. The summed E-state index contributed by atoms with van der Waals surface area (Å²) in [6, 6.07) is 19.9. The molecule has 4 rings (SSSR count). The van der Waals surface area contributed by atoms with E-state index >= 15 is 0 Å². The van der Waals surface area contributed by atoms with Gasteiger partial charge < -0.3 is 4.74 Å². The van der Waals surface area contributed by atoms with Crippen molar-refractivity contribution >= 4 is 46.6 Å². The van der Waals surface area contributed by atoms with Gasteiger partial charge in [0.25, 0.3) is 0 Å². The van der Waals surface area contributed by atoms with E-state index in [2.05, 4.69) is 10.2 Å². The minimum Gasteiger partial charge on any atom is -0.487 e. The Morgan fingerprint density at radius 3 is 2.49 bits per heavy atom. The summed E-state index contributed by atoms with van der Waals surface area (Å²) in [6.07, 6.45) is 0. The molecule has 180 valence electrons. The second-order valence-electron chi connectivity index (χ2n) is 7.54. The van der Waals surface area contributed by atoms with Gasteiger partial charge in [0.15, 0.2) is 5.16 Å². The number of hydrogen-bond donors (Lipinski definition) is 0. The number of rotatable bonds is 9. The molecule has 1 atom stereocenters. The number of benzene rings is 3. The topological polar surface area (TPSA) is 83.1 Å². The number of halogens is 3. The number of thioether (sulfide) groups is 1. The number of para-hydroxylation sites is 1. The van der Waals surface area contributed by atoms with E-state index in [0.717, 1.165) is 11.3 Å². The fourth-order valence-corrected chi connectivity index (χ4v) is 5.27. The Morgan fingerprint density at radius 1 is 1.03 bits per heavy atom. The van der Waals surface area contributed by atoms with Crippen LogP contribution in [-0.2, 0) is 6.61 Å². The summed E-state index contributed by atoms with van der Waals surface area (Å²) in [5.74, 6) is 1.12. The molecule has 4 aromatic rings. The van der Waals surface area contributed by atoms with Gasteiger partial charge in [-0.3, -0.25) is 14.7 Å². The SMILES string of the molecule is Cc1nnc(S[C@H](C[N+](=O)[O-])c2ccc(OCc3ccc(Cl)cc3Cl)c(Cl)c2)n1-c1ccccc1. The Hall–Kier alpha value is -2.78. The summed E-state index contributed by atoms with van der Waals surface area (Å²) in [5.41, 5.74) is 2.31. The first kappa shape index (κ1) is 25.3. The molecule has 1 heterocycles. The molecule has 0 saturated heterocycles.